The molecule has 0 radical (unpaired) electrons. The molecular formula is C42H36Si. The molecule has 0 atom stereocenters. The van der Waals surface area contributed by atoms with Gasteiger partial charge in [-0.05, 0) is 57.3 Å². The van der Waals surface area contributed by atoms with Crippen LogP contribution < -0.4 is 10.4 Å². The molecule has 8 rings (SSSR count). The standard InChI is InChI=1S/C42H36Si/c1-3-41(37-27-15-11-23-33(37)34-24-12-16-28-38(34)41)43(31-19-7-5-8-20-31,32-21-9-6-10-22-32)42(4-2)39-29-17-13-25-35(39)36-26-14-18-30-40(36)42/h5-30H,3-4H2,1-2H3. The van der Waals surface area contributed by atoms with Gasteiger partial charge in [-0.2, -0.15) is 0 Å². The average molecular weight is 569 g/mol. The van der Waals surface area contributed by atoms with Crippen LogP contribution in [0.1, 0.15) is 48.9 Å². The summed E-state index contributed by atoms with van der Waals surface area (Å²) in [6.45, 7) is 4.92. The molecule has 0 amide bonds. The van der Waals surface area contributed by atoms with Crippen LogP contribution in [0.25, 0.3) is 22.3 Å². The van der Waals surface area contributed by atoms with E-state index in [2.05, 4.69) is 172 Å². The van der Waals surface area contributed by atoms with Gasteiger partial charge in [0.05, 0.1) is 0 Å². The van der Waals surface area contributed by atoms with E-state index in [1.54, 1.807) is 0 Å². The molecule has 0 unspecified atom stereocenters. The van der Waals surface area contributed by atoms with Crippen LogP contribution >= 0.6 is 0 Å². The van der Waals surface area contributed by atoms with Crippen LogP contribution in [-0.2, 0) is 10.1 Å². The Bertz CT molecular complexity index is 1720. The number of rotatable bonds is 6. The normalized spacial score (nSPS) is 15.3. The smallest absolute Gasteiger partial charge is 0.0645 e. The third kappa shape index (κ3) is 3.11. The highest BCUT2D eigenvalue weighted by molar-refractivity contribution is 7.07. The van der Waals surface area contributed by atoms with Crippen molar-refractivity contribution in [2.45, 2.75) is 36.8 Å². The van der Waals surface area contributed by atoms with Gasteiger partial charge in [0.1, 0.15) is 8.07 Å². The van der Waals surface area contributed by atoms with Crippen LogP contribution in [-0.4, -0.2) is 8.07 Å². The zero-order valence-electron chi connectivity index (χ0n) is 24.9. The Kier molecular flexibility index (Phi) is 5.96. The van der Waals surface area contributed by atoms with E-state index in [1.165, 1.54) is 54.9 Å². The highest BCUT2D eigenvalue weighted by Crippen LogP contribution is 2.64. The second-order valence-electron chi connectivity index (χ2n) is 12.2. The van der Waals surface area contributed by atoms with E-state index >= 15 is 0 Å². The SMILES string of the molecule is CCC1([Si](c2ccccc2)(c2ccccc2)C2(CC)c3ccccc3-c3ccccc32)c2ccccc2-c2ccccc21. The first kappa shape index (κ1) is 26.2. The minimum Gasteiger partial charge on any atom is -0.0645 e. The molecule has 0 saturated heterocycles. The first-order valence-corrected chi connectivity index (χ1v) is 17.8. The van der Waals surface area contributed by atoms with Gasteiger partial charge in [-0.25, -0.2) is 0 Å². The zero-order valence-corrected chi connectivity index (χ0v) is 25.9. The van der Waals surface area contributed by atoms with E-state index in [9.17, 15) is 0 Å². The Morgan fingerprint density at radius 2 is 0.605 bits per heavy atom. The summed E-state index contributed by atoms with van der Waals surface area (Å²) < 4.78 is 0. The highest BCUT2D eigenvalue weighted by atomic mass is 28.3. The molecule has 2 aliphatic carbocycles. The van der Waals surface area contributed by atoms with E-state index in [0.717, 1.165) is 12.8 Å². The Labute approximate surface area is 256 Å². The van der Waals surface area contributed by atoms with Gasteiger partial charge in [0, 0.05) is 10.1 Å². The molecule has 6 aromatic rings. The maximum Gasteiger partial charge on any atom is 0.147 e. The molecule has 0 aromatic heterocycles. The molecule has 1 heteroatoms. The Morgan fingerprint density at radius 1 is 0.349 bits per heavy atom. The maximum atomic E-state index is 2.47. The predicted molar refractivity (Wildman–Crippen MR) is 184 cm³/mol. The summed E-state index contributed by atoms with van der Waals surface area (Å²) in [7, 11) is -2.99. The van der Waals surface area contributed by atoms with Crippen molar-refractivity contribution in [1.82, 2.24) is 0 Å². The van der Waals surface area contributed by atoms with Crippen molar-refractivity contribution in [3.05, 3.63) is 180 Å². The molecule has 0 spiro atoms. The molecule has 0 heterocycles. The van der Waals surface area contributed by atoms with Gasteiger partial charge < -0.3 is 0 Å². The van der Waals surface area contributed by atoms with Gasteiger partial charge in [-0.1, -0.05) is 182 Å². The van der Waals surface area contributed by atoms with Crippen LogP contribution in [0.5, 0.6) is 0 Å². The molecule has 0 nitrogen and oxygen atoms in total. The minimum absolute atomic E-state index is 0.219. The van der Waals surface area contributed by atoms with Crippen molar-refractivity contribution in [1.29, 1.82) is 0 Å². The van der Waals surface area contributed by atoms with E-state index in [-0.39, 0.29) is 10.1 Å². The lowest BCUT2D eigenvalue weighted by atomic mass is 9.91. The van der Waals surface area contributed by atoms with Gasteiger partial charge in [0.2, 0.25) is 0 Å². The maximum absolute atomic E-state index is 2.99. The Hall–Kier alpha value is -4.46. The van der Waals surface area contributed by atoms with Crippen molar-refractivity contribution < 1.29 is 0 Å². The van der Waals surface area contributed by atoms with Crippen molar-refractivity contribution in [2.75, 3.05) is 0 Å². The number of fused-ring (bicyclic) bond motifs is 6. The highest BCUT2D eigenvalue weighted by Gasteiger charge is 2.70. The van der Waals surface area contributed by atoms with Gasteiger partial charge >= 0.3 is 0 Å². The zero-order chi connectivity index (χ0) is 29.1. The largest absolute Gasteiger partial charge is 0.147 e. The fourth-order valence-electron chi connectivity index (χ4n) is 9.64. The second kappa shape index (κ2) is 9.79. The first-order valence-electron chi connectivity index (χ1n) is 15.8. The summed E-state index contributed by atoms with van der Waals surface area (Å²) in [5, 5.41) is 2.57. The van der Waals surface area contributed by atoms with Crippen LogP contribution in [0.3, 0.4) is 0 Å². The van der Waals surface area contributed by atoms with Gasteiger partial charge in [-0.15, -0.1) is 0 Å². The van der Waals surface area contributed by atoms with Crippen LogP contribution in [0, 0.1) is 0 Å². The first-order chi connectivity index (χ1) is 21.3. The molecule has 0 saturated carbocycles. The summed E-state index contributed by atoms with van der Waals surface area (Å²) in [5.74, 6) is 0. The Morgan fingerprint density at radius 3 is 0.884 bits per heavy atom. The summed E-state index contributed by atoms with van der Waals surface area (Å²) in [4.78, 5) is 0. The number of hydrogen-bond donors (Lipinski definition) is 0. The van der Waals surface area contributed by atoms with E-state index in [0.29, 0.717) is 0 Å². The molecule has 6 aromatic carbocycles. The fraction of sp³-hybridized carbons (Fsp3) is 0.143. The summed E-state index contributed by atoms with van der Waals surface area (Å²) in [6.07, 6.45) is 2.03. The lowest BCUT2D eigenvalue weighted by Gasteiger charge is -2.59. The minimum atomic E-state index is -2.99. The number of hydrogen-bond acceptors (Lipinski definition) is 0. The van der Waals surface area contributed by atoms with Crippen LogP contribution in [0.2, 0.25) is 0 Å². The Balaban J connectivity index is 1.69. The van der Waals surface area contributed by atoms with Crippen molar-refractivity contribution in [3.8, 4) is 22.3 Å². The number of benzene rings is 6. The van der Waals surface area contributed by atoms with Crippen molar-refractivity contribution in [2.24, 2.45) is 0 Å². The van der Waals surface area contributed by atoms with Crippen molar-refractivity contribution >= 4 is 18.4 Å². The molecule has 0 N–H and O–H groups in total. The topological polar surface area (TPSA) is 0 Å². The fourth-order valence-corrected chi connectivity index (χ4v) is 17.6. The molecule has 0 aliphatic heterocycles. The van der Waals surface area contributed by atoms with Crippen LogP contribution in [0.4, 0.5) is 0 Å². The predicted octanol–water partition coefficient (Wildman–Crippen LogP) is 9.08. The third-order valence-electron chi connectivity index (χ3n) is 10.9. The lowest BCUT2D eigenvalue weighted by Crippen LogP contribution is -2.81. The third-order valence-corrected chi connectivity index (χ3v) is 17.6. The van der Waals surface area contributed by atoms with Gasteiger partial charge in [0.25, 0.3) is 0 Å². The molecule has 0 bridgehead atoms. The lowest BCUT2D eigenvalue weighted by molar-refractivity contribution is 0.598. The van der Waals surface area contributed by atoms with E-state index in [1.807, 2.05) is 0 Å². The van der Waals surface area contributed by atoms with Crippen LogP contribution in [0.15, 0.2) is 158 Å². The molecule has 2 aliphatic rings. The monoisotopic (exact) mass is 568 g/mol. The van der Waals surface area contributed by atoms with Gasteiger partial charge in [0.15, 0.2) is 0 Å². The van der Waals surface area contributed by atoms with Crippen molar-refractivity contribution in [3.63, 3.8) is 0 Å². The van der Waals surface area contributed by atoms with Gasteiger partial charge in [-0.3, -0.25) is 0 Å². The van der Waals surface area contributed by atoms with E-state index < -0.39 is 8.07 Å². The summed E-state index contributed by atoms with van der Waals surface area (Å²) >= 11 is 0. The summed E-state index contributed by atoms with van der Waals surface area (Å²) in [6, 6.07) is 60.8. The quantitative estimate of drug-likeness (QED) is 0.176. The molecule has 43 heavy (non-hydrogen) atoms. The second-order valence-corrected chi connectivity index (χ2v) is 16.5. The molecular weight excluding hydrogens is 533 g/mol. The summed E-state index contributed by atoms with van der Waals surface area (Å²) in [5.41, 5.74) is 11.6. The molecule has 0 fully saturated rings. The average Bonchev–Trinajstić information content (AvgIpc) is 3.55. The van der Waals surface area contributed by atoms with E-state index in [4.69, 9.17) is 0 Å². The molecule has 208 valence electrons.